The Morgan fingerprint density at radius 2 is 1.88 bits per heavy atom. The molecule has 0 unspecified atom stereocenters. The van der Waals surface area contributed by atoms with Gasteiger partial charge < -0.3 is 19.3 Å². The third-order valence-electron chi connectivity index (χ3n) is 4.81. The predicted octanol–water partition coefficient (Wildman–Crippen LogP) is 2.58. The van der Waals surface area contributed by atoms with E-state index in [4.69, 9.17) is 14.2 Å². The van der Waals surface area contributed by atoms with Gasteiger partial charge in [-0.05, 0) is 36.6 Å². The minimum atomic E-state index is -0.990. The van der Waals surface area contributed by atoms with Crippen LogP contribution in [0.4, 0.5) is 0 Å². The van der Waals surface area contributed by atoms with Crippen molar-refractivity contribution in [2.24, 2.45) is 0 Å². The van der Waals surface area contributed by atoms with Crippen LogP contribution >= 0.6 is 0 Å². The van der Waals surface area contributed by atoms with Gasteiger partial charge in [-0.1, -0.05) is 42.5 Å². The molecule has 4 rings (SSSR count). The van der Waals surface area contributed by atoms with Crippen molar-refractivity contribution in [3.63, 3.8) is 0 Å². The number of carbonyl (C=O) groups is 1. The highest BCUT2D eigenvalue weighted by atomic mass is 16.8. The summed E-state index contributed by atoms with van der Waals surface area (Å²) >= 11 is 0. The Hall–Kier alpha value is -1.79. The molecule has 2 heterocycles. The van der Waals surface area contributed by atoms with Gasteiger partial charge in [0, 0.05) is 6.42 Å². The number of aliphatic hydroxyl groups excluding tert-OH is 1. The molecule has 25 heavy (non-hydrogen) atoms. The van der Waals surface area contributed by atoms with Crippen LogP contribution in [0, 0.1) is 0 Å². The number of ether oxygens (including phenoxy) is 3. The zero-order valence-electron chi connectivity index (χ0n) is 14.3. The van der Waals surface area contributed by atoms with E-state index in [-0.39, 0.29) is 5.78 Å². The number of rotatable bonds is 4. The Morgan fingerprint density at radius 3 is 2.64 bits per heavy atom. The average Bonchev–Trinajstić information content (AvgIpc) is 3.05. The quantitative estimate of drug-likeness (QED) is 0.925. The molecule has 2 aromatic rings. The first-order valence-electron chi connectivity index (χ1n) is 8.62. The van der Waals surface area contributed by atoms with Crippen molar-refractivity contribution in [2.75, 3.05) is 0 Å². The number of hydrogen-bond acceptors (Lipinski definition) is 5. The Morgan fingerprint density at radius 1 is 1.12 bits per heavy atom. The van der Waals surface area contributed by atoms with Crippen molar-refractivity contribution in [1.29, 1.82) is 0 Å². The highest BCUT2D eigenvalue weighted by molar-refractivity contribution is 5.85. The lowest BCUT2D eigenvalue weighted by atomic mass is 9.99. The van der Waals surface area contributed by atoms with Gasteiger partial charge >= 0.3 is 0 Å². The van der Waals surface area contributed by atoms with E-state index in [0.29, 0.717) is 12.8 Å². The van der Waals surface area contributed by atoms with Crippen LogP contribution < -0.4 is 0 Å². The molecule has 2 aromatic carbocycles. The molecule has 0 aliphatic carbocycles. The van der Waals surface area contributed by atoms with Gasteiger partial charge in [0.15, 0.2) is 17.9 Å². The number of aliphatic hydroxyl groups is 1. The van der Waals surface area contributed by atoms with E-state index >= 15 is 0 Å². The standard InChI is InChI=1S/C20H22O5/c1-20(2)24-18-16(22)17(23-19(18)25-20)15(21)10-8-12-7-9-13-5-3-4-6-14(13)11-12/h3-7,9,11,16-19,22H,8,10H2,1-2H3/t16-,17+,18+,19+/m0/s1. The zero-order chi connectivity index (χ0) is 17.6. The molecule has 0 spiro atoms. The Labute approximate surface area is 146 Å². The van der Waals surface area contributed by atoms with Gasteiger partial charge in [0.05, 0.1) is 0 Å². The number of benzene rings is 2. The Bertz CT molecular complexity index is 800. The number of aryl methyl sites for hydroxylation is 1. The van der Waals surface area contributed by atoms with Gasteiger partial charge in [-0.2, -0.15) is 0 Å². The van der Waals surface area contributed by atoms with Crippen LogP contribution in [0.25, 0.3) is 10.8 Å². The molecular formula is C20H22O5. The van der Waals surface area contributed by atoms with E-state index in [9.17, 15) is 9.90 Å². The summed E-state index contributed by atoms with van der Waals surface area (Å²) in [5.41, 5.74) is 1.09. The van der Waals surface area contributed by atoms with Crippen LogP contribution in [0.15, 0.2) is 42.5 Å². The van der Waals surface area contributed by atoms with E-state index in [1.54, 1.807) is 13.8 Å². The number of Topliss-reactive ketones (excluding diaryl/α,β-unsaturated/α-hetero) is 1. The first-order valence-corrected chi connectivity index (χ1v) is 8.62. The second kappa shape index (κ2) is 6.18. The van der Waals surface area contributed by atoms with Crippen LogP contribution in [-0.2, 0) is 25.4 Å². The minimum Gasteiger partial charge on any atom is -0.387 e. The molecule has 0 bridgehead atoms. The number of carbonyl (C=O) groups excluding carboxylic acids is 1. The summed E-state index contributed by atoms with van der Waals surface area (Å²) in [6.07, 6.45) is -2.24. The predicted molar refractivity (Wildman–Crippen MR) is 92.0 cm³/mol. The van der Waals surface area contributed by atoms with Gasteiger partial charge in [-0.25, -0.2) is 0 Å². The van der Waals surface area contributed by atoms with Crippen molar-refractivity contribution in [3.8, 4) is 0 Å². The van der Waals surface area contributed by atoms with E-state index in [2.05, 4.69) is 24.3 Å². The molecule has 1 N–H and O–H groups in total. The molecule has 0 radical (unpaired) electrons. The Kier molecular flexibility index (Phi) is 4.12. The van der Waals surface area contributed by atoms with Crippen molar-refractivity contribution < 1.29 is 24.1 Å². The third-order valence-corrected chi connectivity index (χ3v) is 4.81. The smallest absolute Gasteiger partial charge is 0.190 e. The molecule has 2 fully saturated rings. The van der Waals surface area contributed by atoms with E-state index in [1.807, 2.05) is 18.2 Å². The molecule has 5 heteroatoms. The fourth-order valence-corrected chi connectivity index (χ4v) is 3.56. The normalized spacial score (nSPS) is 30.5. The summed E-state index contributed by atoms with van der Waals surface area (Å²) in [4.78, 5) is 12.5. The first-order chi connectivity index (χ1) is 11.9. The van der Waals surface area contributed by atoms with Crippen LogP contribution in [0.5, 0.6) is 0 Å². The van der Waals surface area contributed by atoms with Crippen molar-refractivity contribution in [3.05, 3.63) is 48.0 Å². The van der Waals surface area contributed by atoms with Gasteiger partial charge in [-0.3, -0.25) is 4.79 Å². The molecule has 0 amide bonds. The lowest BCUT2D eigenvalue weighted by molar-refractivity contribution is -0.214. The van der Waals surface area contributed by atoms with Gasteiger partial charge in [-0.15, -0.1) is 0 Å². The lowest BCUT2D eigenvalue weighted by Crippen LogP contribution is -2.38. The number of ketones is 1. The molecule has 2 saturated heterocycles. The number of fused-ring (bicyclic) bond motifs is 2. The highest BCUT2D eigenvalue weighted by Crippen LogP contribution is 2.37. The maximum atomic E-state index is 12.5. The molecule has 5 nitrogen and oxygen atoms in total. The summed E-state index contributed by atoms with van der Waals surface area (Å²) in [5, 5.41) is 12.7. The maximum Gasteiger partial charge on any atom is 0.190 e. The monoisotopic (exact) mass is 342 g/mol. The molecule has 0 saturated carbocycles. The van der Waals surface area contributed by atoms with E-state index < -0.39 is 30.4 Å². The van der Waals surface area contributed by atoms with Crippen molar-refractivity contribution in [2.45, 2.75) is 57.1 Å². The summed E-state index contributed by atoms with van der Waals surface area (Å²) in [6, 6.07) is 14.3. The summed E-state index contributed by atoms with van der Waals surface area (Å²) < 4.78 is 16.8. The SMILES string of the molecule is CC1(C)O[C@H]2O[C@H](C(=O)CCc3ccc4ccccc4c3)[C@H](O)[C@H]2O1. The molecule has 0 aromatic heterocycles. The van der Waals surface area contributed by atoms with Crippen LogP contribution in [0.3, 0.4) is 0 Å². The van der Waals surface area contributed by atoms with Gasteiger partial charge in [0.2, 0.25) is 0 Å². The third kappa shape index (κ3) is 3.20. The largest absolute Gasteiger partial charge is 0.387 e. The topological polar surface area (TPSA) is 65.0 Å². The summed E-state index contributed by atoms with van der Waals surface area (Å²) in [6.45, 7) is 3.52. The summed E-state index contributed by atoms with van der Waals surface area (Å²) in [7, 11) is 0. The highest BCUT2D eigenvalue weighted by Gasteiger charge is 2.55. The summed E-state index contributed by atoms with van der Waals surface area (Å²) in [5.74, 6) is -0.921. The van der Waals surface area contributed by atoms with E-state index in [0.717, 1.165) is 10.9 Å². The second-order valence-electron chi connectivity index (χ2n) is 7.16. The molecule has 2 aliphatic rings. The maximum absolute atomic E-state index is 12.5. The first kappa shape index (κ1) is 16.7. The Balaban J connectivity index is 1.39. The fraction of sp³-hybridized carbons (Fsp3) is 0.450. The van der Waals surface area contributed by atoms with Crippen LogP contribution in [0.2, 0.25) is 0 Å². The fourth-order valence-electron chi connectivity index (χ4n) is 3.56. The lowest BCUT2D eigenvalue weighted by Gasteiger charge is -2.22. The van der Waals surface area contributed by atoms with E-state index in [1.165, 1.54) is 5.39 Å². The molecule has 132 valence electrons. The van der Waals surface area contributed by atoms with Gasteiger partial charge in [0.25, 0.3) is 0 Å². The second-order valence-corrected chi connectivity index (χ2v) is 7.16. The van der Waals surface area contributed by atoms with Crippen molar-refractivity contribution in [1.82, 2.24) is 0 Å². The molecular weight excluding hydrogens is 320 g/mol. The van der Waals surface area contributed by atoms with Crippen LogP contribution in [0.1, 0.15) is 25.8 Å². The van der Waals surface area contributed by atoms with Gasteiger partial charge in [0.1, 0.15) is 18.3 Å². The average molecular weight is 342 g/mol. The number of hydrogen-bond donors (Lipinski definition) is 1. The van der Waals surface area contributed by atoms with Crippen molar-refractivity contribution >= 4 is 16.6 Å². The van der Waals surface area contributed by atoms with Crippen LogP contribution in [-0.4, -0.2) is 41.3 Å². The minimum absolute atomic E-state index is 0.125. The molecule has 4 atom stereocenters. The molecule has 2 aliphatic heterocycles. The zero-order valence-corrected chi connectivity index (χ0v) is 14.3.